The van der Waals surface area contributed by atoms with Crippen LogP contribution >= 0.6 is 23.2 Å². The van der Waals surface area contributed by atoms with Gasteiger partial charge in [0.15, 0.2) is 0 Å². The summed E-state index contributed by atoms with van der Waals surface area (Å²) in [7, 11) is 0. The van der Waals surface area contributed by atoms with Gasteiger partial charge in [-0.2, -0.15) is 0 Å². The Morgan fingerprint density at radius 2 is 1.75 bits per heavy atom. The molecule has 2 amide bonds. The number of hydrogen-bond donors (Lipinski definition) is 1. The highest BCUT2D eigenvalue weighted by Crippen LogP contribution is 2.36. The zero-order valence-electron chi connectivity index (χ0n) is 17.7. The molecule has 0 spiro atoms. The second-order valence-corrected chi connectivity index (χ2v) is 8.58. The second-order valence-electron chi connectivity index (χ2n) is 7.79. The zero-order chi connectivity index (χ0) is 22.8. The van der Waals surface area contributed by atoms with Crippen LogP contribution in [0, 0.1) is 19.8 Å². The molecule has 1 aliphatic heterocycles. The first kappa shape index (κ1) is 22.2. The Kier molecular flexibility index (Phi) is 6.40. The van der Waals surface area contributed by atoms with Crippen molar-refractivity contribution in [3.63, 3.8) is 0 Å². The molecule has 0 aromatic heterocycles. The van der Waals surface area contributed by atoms with Gasteiger partial charge in [-0.05, 0) is 67.4 Å². The monoisotopic (exact) mass is 468 g/mol. The first-order valence-corrected chi connectivity index (χ1v) is 11.0. The van der Waals surface area contributed by atoms with Crippen molar-refractivity contribution < 1.29 is 14.3 Å². The van der Waals surface area contributed by atoms with Gasteiger partial charge in [-0.3, -0.25) is 9.59 Å². The van der Waals surface area contributed by atoms with Gasteiger partial charge in [-0.1, -0.05) is 41.4 Å². The standard InChI is InChI=1S/C25H22Cl2N2O3/c1-15-5-3-8-22(16(15)2)32-19-11-9-18(10-12-19)28-25(31)17-13-23(30)29(14-17)21-7-4-6-20(26)24(21)27/h3-12,17H,13-14H2,1-2H3,(H,28,31)/t17-/m0/s1. The molecule has 1 saturated heterocycles. The fourth-order valence-corrected chi connectivity index (χ4v) is 4.03. The van der Waals surface area contributed by atoms with Gasteiger partial charge in [0.05, 0.1) is 21.7 Å². The number of rotatable bonds is 5. The molecule has 0 bridgehead atoms. The largest absolute Gasteiger partial charge is 0.457 e. The summed E-state index contributed by atoms with van der Waals surface area (Å²) in [4.78, 5) is 26.8. The van der Waals surface area contributed by atoms with E-state index in [0.717, 1.165) is 16.9 Å². The van der Waals surface area contributed by atoms with Crippen molar-refractivity contribution >= 4 is 46.4 Å². The molecule has 5 nitrogen and oxygen atoms in total. The molecule has 0 saturated carbocycles. The van der Waals surface area contributed by atoms with Crippen molar-refractivity contribution in [2.24, 2.45) is 5.92 Å². The topological polar surface area (TPSA) is 58.6 Å². The molecule has 3 aromatic carbocycles. The molecule has 1 atom stereocenters. The van der Waals surface area contributed by atoms with Crippen molar-refractivity contribution in [2.45, 2.75) is 20.3 Å². The maximum atomic E-state index is 12.8. The molecule has 1 aliphatic rings. The molecule has 0 radical (unpaired) electrons. The minimum Gasteiger partial charge on any atom is -0.457 e. The molecule has 164 valence electrons. The van der Waals surface area contributed by atoms with E-state index in [2.05, 4.69) is 5.32 Å². The van der Waals surface area contributed by atoms with E-state index >= 15 is 0 Å². The number of nitrogens with zero attached hydrogens (tertiary/aromatic N) is 1. The number of anilines is 2. The average molecular weight is 469 g/mol. The fraction of sp³-hybridized carbons (Fsp3) is 0.200. The Morgan fingerprint density at radius 3 is 2.50 bits per heavy atom. The third-order valence-corrected chi connectivity index (χ3v) is 6.43. The van der Waals surface area contributed by atoms with Crippen molar-refractivity contribution in [1.29, 1.82) is 0 Å². The van der Waals surface area contributed by atoms with Crippen LogP contribution < -0.4 is 15.0 Å². The van der Waals surface area contributed by atoms with Crippen molar-refractivity contribution in [3.8, 4) is 11.5 Å². The van der Waals surface area contributed by atoms with Crippen LogP contribution in [0.15, 0.2) is 60.7 Å². The number of amides is 2. The minimum absolute atomic E-state index is 0.114. The molecule has 1 fully saturated rings. The van der Waals surface area contributed by atoms with Crippen LogP contribution in [0.5, 0.6) is 11.5 Å². The lowest BCUT2D eigenvalue weighted by molar-refractivity contribution is -0.122. The summed E-state index contributed by atoms with van der Waals surface area (Å²) in [5.41, 5.74) is 3.40. The van der Waals surface area contributed by atoms with E-state index < -0.39 is 5.92 Å². The quantitative estimate of drug-likeness (QED) is 0.471. The number of nitrogens with one attached hydrogen (secondary N) is 1. The lowest BCUT2D eigenvalue weighted by Crippen LogP contribution is -2.28. The van der Waals surface area contributed by atoms with Crippen LogP contribution in [0.1, 0.15) is 17.5 Å². The first-order chi connectivity index (χ1) is 15.3. The summed E-state index contributed by atoms with van der Waals surface area (Å²) in [6.07, 6.45) is 0.114. The summed E-state index contributed by atoms with van der Waals surface area (Å²) in [6, 6.07) is 18.2. The van der Waals surface area contributed by atoms with E-state index in [0.29, 0.717) is 27.2 Å². The number of aryl methyl sites for hydroxylation is 1. The van der Waals surface area contributed by atoms with Crippen LogP contribution in [0.3, 0.4) is 0 Å². The van der Waals surface area contributed by atoms with E-state index in [4.69, 9.17) is 27.9 Å². The molecule has 1 heterocycles. The van der Waals surface area contributed by atoms with Gasteiger partial charge in [0.25, 0.3) is 0 Å². The van der Waals surface area contributed by atoms with Gasteiger partial charge >= 0.3 is 0 Å². The summed E-state index contributed by atoms with van der Waals surface area (Å²) in [5.74, 6) is 0.609. The maximum absolute atomic E-state index is 12.8. The van der Waals surface area contributed by atoms with E-state index in [-0.39, 0.29) is 24.8 Å². The van der Waals surface area contributed by atoms with Gasteiger partial charge < -0.3 is 15.0 Å². The molecule has 3 aromatic rings. The number of hydrogen-bond acceptors (Lipinski definition) is 3. The Balaban J connectivity index is 1.40. The van der Waals surface area contributed by atoms with E-state index in [9.17, 15) is 9.59 Å². The molecule has 1 N–H and O–H groups in total. The number of carbonyl (C=O) groups is 2. The number of benzene rings is 3. The lowest BCUT2D eigenvalue weighted by atomic mass is 10.1. The smallest absolute Gasteiger partial charge is 0.229 e. The molecule has 0 aliphatic carbocycles. The summed E-state index contributed by atoms with van der Waals surface area (Å²) in [6.45, 7) is 4.30. The Hall–Kier alpha value is -3.02. The van der Waals surface area contributed by atoms with Gasteiger partial charge in [0, 0.05) is 18.7 Å². The number of halogens is 2. The van der Waals surface area contributed by atoms with Crippen LogP contribution in [0.25, 0.3) is 0 Å². The molecular weight excluding hydrogens is 447 g/mol. The highest BCUT2D eigenvalue weighted by atomic mass is 35.5. The maximum Gasteiger partial charge on any atom is 0.229 e. The summed E-state index contributed by atoms with van der Waals surface area (Å²) >= 11 is 12.3. The zero-order valence-corrected chi connectivity index (χ0v) is 19.2. The SMILES string of the molecule is Cc1cccc(Oc2ccc(NC(=O)[C@H]3CC(=O)N(c4cccc(Cl)c4Cl)C3)cc2)c1C. The highest BCUT2D eigenvalue weighted by molar-refractivity contribution is 6.44. The van der Waals surface area contributed by atoms with E-state index in [1.165, 1.54) is 4.90 Å². The number of carbonyl (C=O) groups excluding carboxylic acids is 2. The third kappa shape index (κ3) is 4.59. The third-order valence-electron chi connectivity index (χ3n) is 5.62. The number of ether oxygens (including phenoxy) is 1. The van der Waals surface area contributed by atoms with Crippen molar-refractivity contribution in [3.05, 3.63) is 81.8 Å². The van der Waals surface area contributed by atoms with Gasteiger partial charge in [0.1, 0.15) is 11.5 Å². The van der Waals surface area contributed by atoms with Crippen LogP contribution in [-0.2, 0) is 9.59 Å². The first-order valence-electron chi connectivity index (χ1n) is 10.2. The van der Waals surface area contributed by atoms with Gasteiger partial charge in [-0.15, -0.1) is 0 Å². The molecular formula is C25H22Cl2N2O3. The Bertz CT molecular complexity index is 1180. The lowest BCUT2D eigenvalue weighted by Gasteiger charge is -2.18. The average Bonchev–Trinajstić information content (AvgIpc) is 3.16. The van der Waals surface area contributed by atoms with Crippen molar-refractivity contribution in [1.82, 2.24) is 0 Å². The second kappa shape index (κ2) is 9.23. The van der Waals surface area contributed by atoms with E-state index in [1.54, 1.807) is 42.5 Å². The summed E-state index contributed by atoms with van der Waals surface area (Å²) < 4.78 is 5.96. The fourth-order valence-electron chi connectivity index (χ4n) is 3.63. The van der Waals surface area contributed by atoms with Crippen LogP contribution in [-0.4, -0.2) is 18.4 Å². The van der Waals surface area contributed by atoms with Crippen molar-refractivity contribution in [2.75, 3.05) is 16.8 Å². The Labute approximate surface area is 196 Å². The highest BCUT2D eigenvalue weighted by Gasteiger charge is 2.36. The van der Waals surface area contributed by atoms with E-state index in [1.807, 2.05) is 32.0 Å². The van der Waals surface area contributed by atoms with Gasteiger partial charge in [0.2, 0.25) is 11.8 Å². The minimum atomic E-state index is -0.483. The molecule has 32 heavy (non-hydrogen) atoms. The predicted molar refractivity (Wildman–Crippen MR) is 128 cm³/mol. The predicted octanol–water partition coefficient (Wildman–Crippen LogP) is 6.39. The van der Waals surface area contributed by atoms with Gasteiger partial charge in [-0.25, -0.2) is 0 Å². The van der Waals surface area contributed by atoms with Crippen LogP contribution in [0.2, 0.25) is 10.0 Å². The molecule has 7 heteroatoms. The molecule has 0 unspecified atom stereocenters. The normalized spacial score (nSPS) is 15.7. The van der Waals surface area contributed by atoms with Crippen LogP contribution in [0.4, 0.5) is 11.4 Å². The Morgan fingerprint density at radius 1 is 1.03 bits per heavy atom. The summed E-state index contributed by atoms with van der Waals surface area (Å²) in [5, 5.41) is 3.56. The molecule has 4 rings (SSSR count).